The predicted octanol–water partition coefficient (Wildman–Crippen LogP) is 2.85. The van der Waals surface area contributed by atoms with Crippen LogP contribution in [0.2, 0.25) is 0 Å². The average Bonchev–Trinajstić information content (AvgIpc) is 2.19. The predicted molar refractivity (Wildman–Crippen MR) is 63.9 cm³/mol. The van der Waals surface area contributed by atoms with E-state index >= 15 is 0 Å². The second-order valence-electron chi connectivity index (χ2n) is 4.49. The van der Waals surface area contributed by atoms with Crippen LogP contribution in [0.3, 0.4) is 0 Å². The Balaban J connectivity index is 3.23. The van der Waals surface area contributed by atoms with Crippen LogP contribution < -0.4 is 0 Å². The van der Waals surface area contributed by atoms with Gasteiger partial charge in [0, 0.05) is 11.4 Å². The van der Waals surface area contributed by atoms with Gasteiger partial charge in [-0.25, -0.2) is 4.79 Å². The van der Waals surface area contributed by atoms with E-state index in [-0.39, 0.29) is 0 Å². The molecule has 16 heavy (non-hydrogen) atoms. The van der Waals surface area contributed by atoms with Gasteiger partial charge in [0.25, 0.3) is 0 Å². The molecule has 3 heteroatoms. The van der Waals surface area contributed by atoms with Crippen molar-refractivity contribution in [3.05, 3.63) is 28.6 Å². The fourth-order valence-electron chi connectivity index (χ4n) is 1.81. The zero-order chi connectivity index (χ0) is 12.3. The van der Waals surface area contributed by atoms with Crippen LogP contribution in [0.5, 0.6) is 0 Å². The van der Waals surface area contributed by atoms with Crippen molar-refractivity contribution >= 4 is 5.97 Å². The Morgan fingerprint density at radius 1 is 1.50 bits per heavy atom. The third-order valence-electron chi connectivity index (χ3n) is 2.61. The number of aromatic nitrogens is 1. The molecule has 0 aliphatic rings. The Morgan fingerprint density at radius 2 is 2.12 bits per heavy atom. The molecule has 1 aromatic heterocycles. The summed E-state index contributed by atoms with van der Waals surface area (Å²) in [6, 6.07) is 1.71. The van der Waals surface area contributed by atoms with Crippen LogP contribution in [0.25, 0.3) is 0 Å². The van der Waals surface area contributed by atoms with E-state index < -0.39 is 5.97 Å². The van der Waals surface area contributed by atoms with Crippen molar-refractivity contribution < 1.29 is 9.90 Å². The van der Waals surface area contributed by atoms with Crippen LogP contribution in [0, 0.1) is 12.8 Å². The molecule has 0 aromatic carbocycles. The SMILES string of the molecule is CCc1nc(CC(C)C)cc(C(=O)O)c1C. The van der Waals surface area contributed by atoms with Crippen LogP contribution in [0.1, 0.15) is 48.1 Å². The summed E-state index contributed by atoms with van der Waals surface area (Å²) in [6.07, 6.45) is 1.60. The molecule has 0 unspecified atom stereocenters. The molecular weight excluding hydrogens is 202 g/mol. The molecule has 1 N–H and O–H groups in total. The molecular formula is C13H19NO2. The second-order valence-corrected chi connectivity index (χ2v) is 4.49. The lowest BCUT2D eigenvalue weighted by Crippen LogP contribution is -2.09. The maximum Gasteiger partial charge on any atom is 0.336 e. The van der Waals surface area contributed by atoms with Gasteiger partial charge >= 0.3 is 5.97 Å². The molecule has 1 aromatic rings. The first-order valence-corrected chi connectivity index (χ1v) is 5.68. The number of nitrogens with zero attached hydrogens (tertiary/aromatic N) is 1. The molecule has 3 nitrogen and oxygen atoms in total. The Bertz CT molecular complexity index is 397. The molecule has 0 atom stereocenters. The fraction of sp³-hybridized carbons (Fsp3) is 0.538. The van der Waals surface area contributed by atoms with Gasteiger partial charge in [-0.15, -0.1) is 0 Å². The van der Waals surface area contributed by atoms with E-state index in [4.69, 9.17) is 5.11 Å². The Hall–Kier alpha value is -1.38. The minimum Gasteiger partial charge on any atom is -0.478 e. The molecule has 0 bridgehead atoms. The summed E-state index contributed by atoms with van der Waals surface area (Å²) >= 11 is 0. The topological polar surface area (TPSA) is 50.2 Å². The Morgan fingerprint density at radius 3 is 2.56 bits per heavy atom. The van der Waals surface area contributed by atoms with E-state index in [2.05, 4.69) is 18.8 Å². The fourth-order valence-corrected chi connectivity index (χ4v) is 1.81. The zero-order valence-electron chi connectivity index (χ0n) is 10.4. The van der Waals surface area contributed by atoms with Gasteiger partial charge in [-0.2, -0.15) is 0 Å². The highest BCUT2D eigenvalue weighted by Gasteiger charge is 2.13. The van der Waals surface area contributed by atoms with E-state index in [0.717, 1.165) is 29.8 Å². The molecule has 0 aliphatic heterocycles. The van der Waals surface area contributed by atoms with Gasteiger partial charge in [-0.1, -0.05) is 20.8 Å². The summed E-state index contributed by atoms with van der Waals surface area (Å²) in [6.45, 7) is 8.04. The number of aryl methyl sites for hydroxylation is 1. The standard InChI is InChI=1S/C13H19NO2/c1-5-12-9(4)11(13(15)16)7-10(14-12)6-8(2)3/h7-8H,5-6H2,1-4H3,(H,15,16). The van der Waals surface area contributed by atoms with Gasteiger partial charge in [0.2, 0.25) is 0 Å². The molecule has 1 heterocycles. The second kappa shape index (κ2) is 5.10. The van der Waals surface area contributed by atoms with Crippen LogP contribution in [0.15, 0.2) is 6.07 Å². The van der Waals surface area contributed by atoms with E-state index in [1.807, 2.05) is 13.8 Å². The first kappa shape index (κ1) is 12.7. The smallest absolute Gasteiger partial charge is 0.336 e. The molecule has 0 fully saturated rings. The molecule has 0 aliphatic carbocycles. The number of pyridine rings is 1. The number of carbonyl (C=O) groups is 1. The quantitative estimate of drug-likeness (QED) is 0.850. The average molecular weight is 221 g/mol. The third kappa shape index (κ3) is 2.81. The van der Waals surface area contributed by atoms with Crippen molar-refractivity contribution in [1.29, 1.82) is 0 Å². The van der Waals surface area contributed by atoms with Gasteiger partial charge in [-0.05, 0) is 37.3 Å². The van der Waals surface area contributed by atoms with Crippen LogP contribution in [-0.4, -0.2) is 16.1 Å². The van der Waals surface area contributed by atoms with Crippen molar-refractivity contribution in [1.82, 2.24) is 4.98 Å². The number of rotatable bonds is 4. The van der Waals surface area contributed by atoms with E-state index in [9.17, 15) is 4.79 Å². The zero-order valence-corrected chi connectivity index (χ0v) is 10.4. The largest absolute Gasteiger partial charge is 0.478 e. The van der Waals surface area contributed by atoms with Gasteiger partial charge in [0.1, 0.15) is 0 Å². The molecule has 0 saturated heterocycles. The maximum atomic E-state index is 11.1. The summed E-state index contributed by atoms with van der Waals surface area (Å²) in [7, 11) is 0. The minimum absolute atomic E-state index is 0.391. The summed E-state index contributed by atoms with van der Waals surface area (Å²) in [5.41, 5.74) is 2.97. The summed E-state index contributed by atoms with van der Waals surface area (Å²) in [5.74, 6) is -0.374. The first-order valence-electron chi connectivity index (χ1n) is 5.68. The highest BCUT2D eigenvalue weighted by molar-refractivity contribution is 5.89. The maximum absolute atomic E-state index is 11.1. The molecule has 0 saturated carbocycles. The van der Waals surface area contributed by atoms with E-state index in [0.29, 0.717) is 11.5 Å². The molecule has 1 rings (SSSR count). The van der Waals surface area contributed by atoms with Gasteiger partial charge < -0.3 is 5.11 Å². The third-order valence-corrected chi connectivity index (χ3v) is 2.61. The lowest BCUT2D eigenvalue weighted by atomic mass is 10.0. The Labute approximate surface area is 96.5 Å². The first-order chi connectivity index (χ1) is 7.45. The van der Waals surface area contributed by atoms with Crippen molar-refractivity contribution in [3.8, 4) is 0 Å². The number of carboxylic acid groups (broad SMARTS) is 1. The summed E-state index contributed by atoms with van der Waals surface area (Å²) in [5, 5.41) is 9.12. The highest BCUT2D eigenvalue weighted by atomic mass is 16.4. The van der Waals surface area contributed by atoms with E-state index in [1.54, 1.807) is 6.07 Å². The summed E-state index contributed by atoms with van der Waals surface area (Å²) in [4.78, 5) is 15.6. The summed E-state index contributed by atoms with van der Waals surface area (Å²) < 4.78 is 0. The highest BCUT2D eigenvalue weighted by Crippen LogP contribution is 2.16. The van der Waals surface area contributed by atoms with Crippen molar-refractivity contribution in [2.75, 3.05) is 0 Å². The molecule has 0 spiro atoms. The number of hydrogen-bond acceptors (Lipinski definition) is 2. The minimum atomic E-state index is -0.861. The Kier molecular flexibility index (Phi) is 4.05. The van der Waals surface area contributed by atoms with Gasteiger partial charge in [0.15, 0.2) is 0 Å². The number of carboxylic acids is 1. The molecule has 0 radical (unpaired) electrons. The number of hydrogen-bond donors (Lipinski definition) is 1. The van der Waals surface area contributed by atoms with Crippen LogP contribution in [0.4, 0.5) is 0 Å². The van der Waals surface area contributed by atoms with Gasteiger partial charge in [-0.3, -0.25) is 4.98 Å². The lowest BCUT2D eigenvalue weighted by molar-refractivity contribution is 0.0695. The van der Waals surface area contributed by atoms with E-state index in [1.165, 1.54) is 0 Å². The number of aromatic carboxylic acids is 1. The van der Waals surface area contributed by atoms with Crippen molar-refractivity contribution in [2.45, 2.75) is 40.5 Å². The van der Waals surface area contributed by atoms with Gasteiger partial charge in [0.05, 0.1) is 5.56 Å². The van der Waals surface area contributed by atoms with Crippen molar-refractivity contribution in [3.63, 3.8) is 0 Å². The normalized spacial score (nSPS) is 10.8. The van der Waals surface area contributed by atoms with Crippen LogP contribution >= 0.6 is 0 Å². The van der Waals surface area contributed by atoms with Crippen molar-refractivity contribution in [2.24, 2.45) is 5.92 Å². The monoisotopic (exact) mass is 221 g/mol. The molecule has 88 valence electrons. The van der Waals surface area contributed by atoms with Crippen LogP contribution in [-0.2, 0) is 12.8 Å². The molecule has 0 amide bonds. The lowest BCUT2D eigenvalue weighted by Gasteiger charge is -2.11.